The molecule has 0 spiro atoms. The van der Waals surface area contributed by atoms with Crippen molar-refractivity contribution in [1.82, 2.24) is 45.1 Å². The minimum Gasteiger partial charge on any atom is -0.461 e. The van der Waals surface area contributed by atoms with Crippen LogP contribution in [0, 0.1) is 12.8 Å². The largest absolute Gasteiger partial charge is 0.461 e. The molecule has 19 heteroatoms. The van der Waals surface area contributed by atoms with Gasteiger partial charge in [0.15, 0.2) is 11.6 Å². The van der Waals surface area contributed by atoms with E-state index < -0.39 is 18.1 Å². The van der Waals surface area contributed by atoms with Crippen molar-refractivity contribution in [1.29, 1.82) is 0 Å². The summed E-state index contributed by atoms with van der Waals surface area (Å²) in [5, 5.41) is 21.8. The number of aliphatic hydroxyl groups is 1. The van der Waals surface area contributed by atoms with Crippen molar-refractivity contribution in [3.8, 4) is 27.7 Å². The fourth-order valence-electron chi connectivity index (χ4n) is 14.4. The number of fused-ring (bicyclic) bond motifs is 5. The lowest BCUT2D eigenvalue weighted by Crippen LogP contribution is -2.50. The van der Waals surface area contributed by atoms with E-state index in [2.05, 4.69) is 73.5 Å². The Morgan fingerprint density at radius 3 is 2.43 bits per heavy atom. The van der Waals surface area contributed by atoms with Gasteiger partial charge in [0.05, 0.1) is 50.4 Å². The third-order valence-electron chi connectivity index (χ3n) is 18.9. The van der Waals surface area contributed by atoms with Gasteiger partial charge in [-0.05, 0) is 92.3 Å². The molecule has 2 N–H and O–H groups in total. The molecular formula is C64H75N11O7S. The third kappa shape index (κ3) is 10.3. The van der Waals surface area contributed by atoms with Crippen LogP contribution in [0.4, 0.5) is 16.4 Å². The monoisotopic (exact) mass is 1140 g/mol. The Balaban J connectivity index is 0.629. The Morgan fingerprint density at radius 2 is 1.67 bits per heavy atom. The second-order valence-corrected chi connectivity index (χ2v) is 25.2. The molecule has 6 aliphatic rings. The van der Waals surface area contributed by atoms with E-state index in [1.807, 2.05) is 63.7 Å². The molecule has 3 aromatic carbocycles. The third-order valence-corrected chi connectivity index (χ3v) is 19.9. The lowest BCUT2D eigenvalue weighted by molar-refractivity contribution is -0.141. The molecule has 5 aliphatic heterocycles. The summed E-state index contributed by atoms with van der Waals surface area (Å²) < 4.78 is 18.9. The zero-order valence-corrected chi connectivity index (χ0v) is 49.1. The first kappa shape index (κ1) is 55.0. The van der Waals surface area contributed by atoms with Crippen molar-refractivity contribution in [2.24, 2.45) is 5.92 Å². The first-order chi connectivity index (χ1) is 40.3. The first-order valence-corrected chi connectivity index (χ1v) is 31.0. The fraction of sp³-hybridized carbons (Fsp3) is 0.500. The maximum absolute atomic E-state index is 14.5. The standard InChI is InChI=1S/C64H75N11O7S/c1-38(2)53(61(78)74-34-46(76)31-50(74)60(77)67-40(4)42-17-19-44(20-18-42)58-41(5)66-37-83-58)51-32-52(70-82-51)71-27-29-73(30-28-71)63(79)80-35-45-21-23-64(22-12-26-75(45)64)36-81-62-68-57-49(59(69-62)72-24-8-6-7-9-25-72)33-65-56-48-16-11-14-43-13-10-15-47(55(43)48)39(3)54(56)57/h10-11,13-20,32-33,37-40,45-46,50,53,76H,6-9,12,21-31,34-36H2,1-5H3,(H,67,77)/t39?,40-,45-,46+,50-,53+,64+/m0/s1. The van der Waals surface area contributed by atoms with E-state index in [0.717, 1.165) is 113 Å². The second kappa shape index (κ2) is 22.7. The lowest BCUT2D eigenvalue weighted by Gasteiger charge is -2.36. The Bertz CT molecular complexity index is 3550. The molecule has 3 amide bonds. The predicted molar refractivity (Wildman–Crippen MR) is 320 cm³/mol. The number of nitrogens with zero attached hydrogens (tertiary/aromatic N) is 10. The average molecular weight is 1140 g/mol. The van der Waals surface area contributed by atoms with E-state index in [0.29, 0.717) is 57.0 Å². The van der Waals surface area contributed by atoms with Gasteiger partial charge < -0.3 is 44.0 Å². The molecule has 1 aliphatic carbocycles. The number of amides is 3. The number of aryl methyl sites for hydroxylation is 1. The number of piperazine rings is 1. The smallest absolute Gasteiger partial charge is 0.409 e. The number of ether oxygens (including phenoxy) is 2. The summed E-state index contributed by atoms with van der Waals surface area (Å²) >= 11 is 1.59. The van der Waals surface area contributed by atoms with Crippen LogP contribution in [0.3, 0.4) is 0 Å². The summed E-state index contributed by atoms with van der Waals surface area (Å²) in [7, 11) is 0. The minimum atomic E-state index is -0.847. The maximum atomic E-state index is 14.5. The molecule has 5 saturated heterocycles. The number of carbonyl (C=O) groups is 3. The Hall–Kier alpha value is -7.22. The highest BCUT2D eigenvalue weighted by molar-refractivity contribution is 7.13. The van der Waals surface area contributed by atoms with E-state index in [1.54, 1.807) is 22.3 Å². The van der Waals surface area contributed by atoms with Crippen LogP contribution in [0.2, 0.25) is 0 Å². The molecule has 434 valence electrons. The van der Waals surface area contributed by atoms with Crippen molar-refractivity contribution in [3.63, 3.8) is 0 Å². The number of β-amino-alcohol motifs (C(OH)–C–C–N with tert-alkyl or cyclic N) is 1. The Labute approximate surface area is 488 Å². The summed E-state index contributed by atoms with van der Waals surface area (Å²) in [4.78, 5) is 73.6. The van der Waals surface area contributed by atoms with Crippen molar-refractivity contribution in [2.75, 3.05) is 75.4 Å². The van der Waals surface area contributed by atoms with Crippen LogP contribution < -0.4 is 19.9 Å². The number of pyridine rings is 1. The van der Waals surface area contributed by atoms with Crippen LogP contribution in [0.5, 0.6) is 6.01 Å². The summed E-state index contributed by atoms with van der Waals surface area (Å²) in [6.45, 7) is 15.5. The van der Waals surface area contributed by atoms with Gasteiger partial charge in [0.2, 0.25) is 11.8 Å². The van der Waals surface area contributed by atoms with Crippen LogP contribution in [0.15, 0.2) is 83.0 Å². The maximum Gasteiger partial charge on any atom is 0.409 e. The average Bonchev–Trinajstić information content (AvgIpc) is 3.12. The molecule has 9 heterocycles. The van der Waals surface area contributed by atoms with Crippen molar-refractivity contribution in [2.45, 2.75) is 134 Å². The van der Waals surface area contributed by atoms with Crippen molar-refractivity contribution >= 4 is 62.6 Å². The number of likely N-dealkylation sites (tertiary alicyclic amines) is 1. The van der Waals surface area contributed by atoms with Crippen LogP contribution >= 0.6 is 11.3 Å². The molecule has 0 bridgehead atoms. The molecule has 7 aromatic rings. The Kier molecular flexibility index (Phi) is 15.1. The van der Waals surface area contributed by atoms with Crippen molar-refractivity contribution in [3.05, 3.63) is 107 Å². The molecule has 1 unspecified atom stereocenters. The van der Waals surface area contributed by atoms with Crippen molar-refractivity contribution < 1.29 is 33.5 Å². The van der Waals surface area contributed by atoms with E-state index in [-0.39, 0.29) is 60.3 Å². The van der Waals surface area contributed by atoms with Gasteiger partial charge in [-0.3, -0.25) is 19.5 Å². The van der Waals surface area contributed by atoms with E-state index in [1.165, 1.54) is 34.1 Å². The molecule has 0 radical (unpaired) electrons. The van der Waals surface area contributed by atoms with Crippen LogP contribution in [-0.2, 0) is 14.3 Å². The topological polar surface area (TPSA) is 196 Å². The number of aliphatic hydroxyl groups excluding tert-OH is 1. The highest BCUT2D eigenvalue weighted by atomic mass is 32.1. The molecule has 5 fully saturated rings. The predicted octanol–water partition coefficient (Wildman–Crippen LogP) is 10.0. The number of nitrogens with one attached hydrogen (secondary N) is 1. The van der Waals surface area contributed by atoms with Gasteiger partial charge in [0.25, 0.3) is 0 Å². The van der Waals surface area contributed by atoms with Crippen LogP contribution in [-0.4, -0.2) is 152 Å². The number of thiazole rings is 1. The van der Waals surface area contributed by atoms with Gasteiger partial charge in [-0.2, -0.15) is 9.97 Å². The fourth-order valence-corrected chi connectivity index (χ4v) is 15.2. The molecule has 18 nitrogen and oxygen atoms in total. The number of carbonyl (C=O) groups excluding carboxylic acids is 3. The molecular weight excluding hydrogens is 1070 g/mol. The zero-order valence-electron chi connectivity index (χ0n) is 48.3. The lowest BCUT2D eigenvalue weighted by atomic mass is 9.79. The second-order valence-electron chi connectivity index (χ2n) is 24.4. The molecule has 13 rings (SSSR count). The van der Waals surface area contributed by atoms with E-state index >= 15 is 0 Å². The van der Waals surface area contributed by atoms with Crippen LogP contribution in [0.1, 0.15) is 132 Å². The molecule has 0 saturated carbocycles. The number of anilines is 2. The molecule has 7 atom stereocenters. The molecule has 83 heavy (non-hydrogen) atoms. The van der Waals surface area contributed by atoms with E-state index in [4.69, 9.17) is 28.9 Å². The van der Waals surface area contributed by atoms with Gasteiger partial charge >= 0.3 is 12.1 Å². The van der Waals surface area contributed by atoms with Gasteiger partial charge in [0.1, 0.15) is 31.0 Å². The number of rotatable bonds is 14. The van der Waals surface area contributed by atoms with Crippen LogP contribution in [0.25, 0.3) is 43.4 Å². The number of hydrogen-bond donors (Lipinski definition) is 2. The van der Waals surface area contributed by atoms with Gasteiger partial charge in [-0.25, -0.2) is 9.78 Å². The minimum absolute atomic E-state index is 0.0414. The van der Waals surface area contributed by atoms with Gasteiger partial charge in [-0.1, -0.05) is 99.4 Å². The van der Waals surface area contributed by atoms with Gasteiger partial charge in [0, 0.05) is 87.6 Å². The highest BCUT2D eigenvalue weighted by Gasteiger charge is 2.51. The quantitative estimate of drug-likeness (QED) is 0.104. The Morgan fingerprint density at radius 1 is 0.892 bits per heavy atom. The number of benzene rings is 3. The summed E-state index contributed by atoms with van der Waals surface area (Å²) in [5.41, 5.74) is 10.1. The number of aromatic nitrogens is 5. The van der Waals surface area contributed by atoms with E-state index in [9.17, 15) is 19.5 Å². The summed E-state index contributed by atoms with van der Waals surface area (Å²) in [6, 6.07) is 22.2. The van der Waals surface area contributed by atoms with Gasteiger partial charge in [-0.15, -0.1) is 11.3 Å². The number of hydrogen-bond acceptors (Lipinski definition) is 16. The zero-order chi connectivity index (χ0) is 57.1. The normalized spacial score (nSPS) is 23.4. The highest BCUT2D eigenvalue weighted by Crippen LogP contribution is 2.48. The SMILES string of the molecule is Cc1ncsc1-c1ccc([C@H](C)NC(=O)[C@@H]2C[C@@H](O)CN2C(=O)[C@@H](c2cc(N3CCN(C(=O)OC[C@@H]4CC[C@@]5(COc6nc(N7CCCCCC7)c7cnc8c(c7n6)C(C)c6cccc7cccc-8c67)CCCN45)CC3)no2)C(C)C)cc1. The first-order valence-electron chi connectivity index (χ1n) is 30.1. The summed E-state index contributed by atoms with van der Waals surface area (Å²) in [5.74, 6) is 0.414. The molecule has 4 aromatic heterocycles. The summed E-state index contributed by atoms with van der Waals surface area (Å²) in [6.07, 6.45) is 9.46.